The molecule has 25 heavy (non-hydrogen) atoms. The monoisotopic (exact) mass is 340 g/mol. The number of rotatable bonds is 5. The van der Waals surface area contributed by atoms with Crippen molar-refractivity contribution in [2.75, 3.05) is 5.32 Å². The molecule has 0 unspecified atom stereocenters. The molecule has 1 aromatic heterocycles. The molecule has 2 saturated carbocycles. The summed E-state index contributed by atoms with van der Waals surface area (Å²) in [7, 11) is 0. The molecule has 2 aliphatic rings. The molecule has 1 amide bonds. The maximum atomic E-state index is 12.3. The Hall–Kier alpha value is -2.70. The van der Waals surface area contributed by atoms with Crippen molar-refractivity contribution in [3.8, 4) is 11.4 Å². The van der Waals surface area contributed by atoms with E-state index in [9.17, 15) is 9.59 Å². The Kier molecular flexibility index (Phi) is 3.99. The van der Waals surface area contributed by atoms with Gasteiger partial charge in [-0.05, 0) is 56.4 Å². The Morgan fingerprint density at radius 3 is 2.44 bits per heavy atom. The number of hydrogen-bond donors (Lipinski definition) is 3. The Morgan fingerprint density at radius 1 is 1.08 bits per heavy atom. The van der Waals surface area contributed by atoms with E-state index < -0.39 is 11.9 Å². The Bertz CT molecular complexity index is 795. The molecule has 1 heterocycles. The largest absolute Gasteiger partial charge is 0.481 e. The molecule has 0 bridgehead atoms. The predicted molar refractivity (Wildman–Crippen MR) is 90.9 cm³/mol. The molecular weight excluding hydrogens is 320 g/mol. The van der Waals surface area contributed by atoms with Crippen molar-refractivity contribution in [3.63, 3.8) is 0 Å². The molecule has 4 rings (SSSR count). The van der Waals surface area contributed by atoms with E-state index in [1.165, 1.54) is 12.8 Å². The minimum atomic E-state index is -0.809. The number of carbonyl (C=O) groups excluding carboxylic acids is 1. The lowest BCUT2D eigenvalue weighted by Gasteiger charge is -2.11. The van der Waals surface area contributed by atoms with Gasteiger partial charge in [-0.1, -0.05) is 0 Å². The number of H-pyrrole nitrogens is 1. The van der Waals surface area contributed by atoms with Crippen LogP contribution in [0.1, 0.15) is 43.8 Å². The van der Waals surface area contributed by atoms with E-state index in [-0.39, 0.29) is 11.8 Å². The number of aromatic nitrogens is 3. The zero-order valence-corrected chi connectivity index (χ0v) is 13.7. The fourth-order valence-corrected chi connectivity index (χ4v) is 3.33. The van der Waals surface area contributed by atoms with Crippen molar-refractivity contribution in [1.29, 1.82) is 0 Å². The summed E-state index contributed by atoms with van der Waals surface area (Å²) in [6.45, 7) is 0. The number of carboxylic acids is 1. The van der Waals surface area contributed by atoms with E-state index in [2.05, 4.69) is 20.5 Å². The lowest BCUT2D eigenvalue weighted by Crippen LogP contribution is -2.21. The number of carboxylic acid groups (broad SMARTS) is 1. The van der Waals surface area contributed by atoms with E-state index >= 15 is 0 Å². The standard InChI is InChI=1S/C18H20N4O3/c23-17(12-3-4-13(9-12)18(24)25)19-14-7-5-11(6-8-14)16-20-15(21-22-16)10-1-2-10/h5-8,10,12-13H,1-4,9H2,(H,19,23)(H,24,25)(H,20,21,22)/t12-,13+/m0/s1. The van der Waals surface area contributed by atoms with Crippen LogP contribution in [0.5, 0.6) is 0 Å². The van der Waals surface area contributed by atoms with Crippen molar-refractivity contribution >= 4 is 17.6 Å². The van der Waals surface area contributed by atoms with Gasteiger partial charge in [0.25, 0.3) is 0 Å². The fourth-order valence-electron chi connectivity index (χ4n) is 3.33. The van der Waals surface area contributed by atoms with Crippen LogP contribution in [0, 0.1) is 11.8 Å². The van der Waals surface area contributed by atoms with Crippen LogP contribution >= 0.6 is 0 Å². The first-order valence-electron chi connectivity index (χ1n) is 8.66. The van der Waals surface area contributed by atoms with Crippen molar-refractivity contribution in [3.05, 3.63) is 30.1 Å². The summed E-state index contributed by atoms with van der Waals surface area (Å²) in [6.07, 6.45) is 3.95. The number of aromatic amines is 1. The number of anilines is 1. The normalized spacial score (nSPS) is 22.7. The van der Waals surface area contributed by atoms with E-state index in [1.807, 2.05) is 24.3 Å². The molecule has 0 saturated heterocycles. The number of aliphatic carboxylic acids is 1. The molecule has 7 heteroatoms. The Morgan fingerprint density at radius 2 is 1.80 bits per heavy atom. The summed E-state index contributed by atoms with van der Waals surface area (Å²) in [6, 6.07) is 7.41. The SMILES string of the molecule is O=C(O)[C@@H]1CC[C@H](C(=O)Nc2ccc(-c3n[nH]c(C4CC4)n3)cc2)C1. The third-order valence-corrected chi connectivity index (χ3v) is 5.03. The van der Waals surface area contributed by atoms with E-state index in [0.29, 0.717) is 36.7 Å². The lowest BCUT2D eigenvalue weighted by atomic mass is 10.0. The highest BCUT2D eigenvalue weighted by molar-refractivity contribution is 5.93. The van der Waals surface area contributed by atoms with E-state index in [4.69, 9.17) is 5.11 Å². The quantitative estimate of drug-likeness (QED) is 0.775. The van der Waals surface area contributed by atoms with Crippen LogP contribution in [0.15, 0.2) is 24.3 Å². The summed E-state index contributed by atoms with van der Waals surface area (Å²) >= 11 is 0. The zero-order chi connectivity index (χ0) is 17.4. The highest BCUT2D eigenvalue weighted by Gasteiger charge is 2.33. The molecule has 0 aliphatic heterocycles. The number of nitrogens with zero attached hydrogens (tertiary/aromatic N) is 2. The lowest BCUT2D eigenvalue weighted by molar-refractivity contribution is -0.141. The number of benzene rings is 1. The molecule has 2 aliphatic carbocycles. The molecular formula is C18H20N4O3. The zero-order valence-electron chi connectivity index (χ0n) is 13.7. The molecule has 3 N–H and O–H groups in total. The van der Waals surface area contributed by atoms with Gasteiger partial charge >= 0.3 is 5.97 Å². The van der Waals surface area contributed by atoms with Gasteiger partial charge in [-0.3, -0.25) is 14.7 Å². The summed E-state index contributed by atoms with van der Waals surface area (Å²) in [5.74, 6) is 0.601. The van der Waals surface area contributed by atoms with Crippen LogP contribution in [0.25, 0.3) is 11.4 Å². The van der Waals surface area contributed by atoms with Gasteiger partial charge in [0, 0.05) is 23.1 Å². The highest BCUT2D eigenvalue weighted by Crippen LogP contribution is 2.38. The van der Waals surface area contributed by atoms with Crippen LogP contribution < -0.4 is 5.32 Å². The van der Waals surface area contributed by atoms with Crippen LogP contribution in [-0.2, 0) is 9.59 Å². The van der Waals surface area contributed by atoms with Gasteiger partial charge in [-0.25, -0.2) is 4.98 Å². The number of carbonyl (C=O) groups is 2. The Labute approximate surface area is 144 Å². The van der Waals surface area contributed by atoms with Gasteiger partial charge in [-0.15, -0.1) is 0 Å². The van der Waals surface area contributed by atoms with Crippen molar-refractivity contribution in [2.24, 2.45) is 11.8 Å². The molecule has 7 nitrogen and oxygen atoms in total. The van der Waals surface area contributed by atoms with E-state index in [0.717, 1.165) is 11.4 Å². The third kappa shape index (κ3) is 3.40. The van der Waals surface area contributed by atoms with Gasteiger partial charge in [0.1, 0.15) is 5.82 Å². The minimum absolute atomic E-state index is 0.106. The molecule has 2 aromatic rings. The maximum Gasteiger partial charge on any atom is 0.306 e. The van der Waals surface area contributed by atoms with Gasteiger partial charge in [0.2, 0.25) is 5.91 Å². The third-order valence-electron chi connectivity index (χ3n) is 5.03. The van der Waals surface area contributed by atoms with Crippen LogP contribution in [0.4, 0.5) is 5.69 Å². The molecule has 0 radical (unpaired) electrons. The van der Waals surface area contributed by atoms with Crippen LogP contribution in [-0.4, -0.2) is 32.2 Å². The average molecular weight is 340 g/mol. The Balaban J connectivity index is 1.38. The van der Waals surface area contributed by atoms with Crippen LogP contribution in [0.2, 0.25) is 0 Å². The minimum Gasteiger partial charge on any atom is -0.481 e. The van der Waals surface area contributed by atoms with Crippen LogP contribution in [0.3, 0.4) is 0 Å². The summed E-state index contributed by atoms with van der Waals surface area (Å²) in [5.41, 5.74) is 1.60. The fraction of sp³-hybridized carbons (Fsp3) is 0.444. The smallest absolute Gasteiger partial charge is 0.306 e. The van der Waals surface area contributed by atoms with Crippen molar-refractivity contribution in [2.45, 2.75) is 38.0 Å². The summed E-state index contributed by atoms with van der Waals surface area (Å²) in [5, 5.41) is 19.1. The number of nitrogens with one attached hydrogen (secondary N) is 2. The average Bonchev–Trinajstić information content (AvgIpc) is 3.13. The van der Waals surface area contributed by atoms with Gasteiger partial charge in [-0.2, -0.15) is 5.10 Å². The van der Waals surface area contributed by atoms with E-state index in [1.54, 1.807) is 0 Å². The predicted octanol–water partition coefficient (Wildman–Crippen LogP) is 2.79. The molecule has 2 atom stereocenters. The van der Waals surface area contributed by atoms with Gasteiger partial charge < -0.3 is 10.4 Å². The summed E-state index contributed by atoms with van der Waals surface area (Å²) < 4.78 is 0. The topological polar surface area (TPSA) is 108 Å². The van der Waals surface area contributed by atoms with Gasteiger partial charge in [0.15, 0.2) is 5.82 Å². The summed E-state index contributed by atoms with van der Waals surface area (Å²) in [4.78, 5) is 27.8. The second-order valence-electron chi connectivity index (χ2n) is 6.93. The molecule has 1 aromatic carbocycles. The molecule has 2 fully saturated rings. The maximum absolute atomic E-state index is 12.3. The highest BCUT2D eigenvalue weighted by atomic mass is 16.4. The first-order valence-corrected chi connectivity index (χ1v) is 8.66. The first kappa shape index (κ1) is 15.8. The molecule has 130 valence electrons. The first-order chi connectivity index (χ1) is 12.1. The number of amides is 1. The molecule has 0 spiro atoms. The van der Waals surface area contributed by atoms with Crippen molar-refractivity contribution in [1.82, 2.24) is 15.2 Å². The number of hydrogen-bond acceptors (Lipinski definition) is 4. The van der Waals surface area contributed by atoms with Crippen molar-refractivity contribution < 1.29 is 14.7 Å². The van der Waals surface area contributed by atoms with Gasteiger partial charge in [0.05, 0.1) is 5.92 Å². The second-order valence-corrected chi connectivity index (χ2v) is 6.93. The second kappa shape index (κ2) is 6.31.